The average Bonchev–Trinajstić information content (AvgIpc) is 2.94. The van der Waals surface area contributed by atoms with Crippen molar-refractivity contribution in [3.05, 3.63) is 40.6 Å². The molecule has 15 heavy (non-hydrogen) atoms. The molecule has 0 atom stereocenters. The maximum absolute atomic E-state index is 11.7. The van der Waals surface area contributed by atoms with Crippen molar-refractivity contribution in [2.75, 3.05) is 18.0 Å². The molecule has 0 unspecified atom stereocenters. The normalized spacial score (nSPS) is 10.8. The molecule has 2 aromatic rings. The van der Waals surface area contributed by atoms with Crippen LogP contribution in [0.1, 0.15) is 13.8 Å². The van der Waals surface area contributed by atoms with E-state index in [0.29, 0.717) is 0 Å². The Morgan fingerprint density at radius 3 is 2.20 bits per heavy atom. The van der Waals surface area contributed by atoms with Crippen molar-refractivity contribution in [2.24, 2.45) is 0 Å². The predicted octanol–water partition coefficient (Wildman–Crippen LogP) is 2.44. The molecule has 0 aliphatic rings. The Balaban J connectivity index is 2.30. The van der Waals surface area contributed by atoms with Crippen molar-refractivity contribution >= 4 is 5.69 Å². The summed E-state index contributed by atoms with van der Waals surface area (Å²) in [4.78, 5) is 13.8. The molecule has 2 rings (SSSR count). The number of rotatable bonds is 4. The maximum atomic E-state index is 11.7. The fourth-order valence-corrected chi connectivity index (χ4v) is 1.88. The minimum atomic E-state index is 0.213. The zero-order chi connectivity index (χ0) is 10.8. The number of hydrogen-bond acceptors (Lipinski definition) is 2. The Morgan fingerprint density at radius 1 is 1.07 bits per heavy atom. The van der Waals surface area contributed by atoms with Crippen LogP contribution in [0.4, 0.5) is 5.69 Å². The predicted molar refractivity (Wildman–Crippen MR) is 64.1 cm³/mol. The van der Waals surface area contributed by atoms with Gasteiger partial charge in [-0.15, -0.1) is 0 Å². The molecule has 2 heteroatoms. The van der Waals surface area contributed by atoms with E-state index in [-0.39, 0.29) is 5.43 Å². The van der Waals surface area contributed by atoms with Crippen LogP contribution >= 0.6 is 0 Å². The molecule has 78 valence electrons. The van der Waals surface area contributed by atoms with Crippen molar-refractivity contribution < 1.29 is 0 Å². The van der Waals surface area contributed by atoms with E-state index in [1.165, 1.54) is 0 Å². The van der Waals surface area contributed by atoms with Gasteiger partial charge in [0.05, 0.1) is 11.3 Å². The van der Waals surface area contributed by atoms with Crippen LogP contribution in [-0.4, -0.2) is 13.1 Å². The van der Waals surface area contributed by atoms with Crippen molar-refractivity contribution in [3.63, 3.8) is 0 Å². The number of anilines is 1. The smallest absolute Gasteiger partial charge is 0.212 e. The molecule has 0 saturated heterocycles. The molecule has 0 heterocycles. The highest BCUT2D eigenvalue weighted by atomic mass is 16.1. The summed E-state index contributed by atoms with van der Waals surface area (Å²) >= 11 is 0. The Morgan fingerprint density at radius 2 is 1.67 bits per heavy atom. The van der Waals surface area contributed by atoms with Crippen molar-refractivity contribution in [2.45, 2.75) is 13.8 Å². The summed E-state index contributed by atoms with van der Waals surface area (Å²) in [6.45, 7) is 5.94. The third-order valence-corrected chi connectivity index (χ3v) is 2.76. The monoisotopic (exact) mass is 201 g/mol. The molecule has 0 aromatic heterocycles. The van der Waals surface area contributed by atoms with Gasteiger partial charge in [-0.1, -0.05) is 30.3 Å². The molecule has 0 amide bonds. The Kier molecular flexibility index (Phi) is 2.58. The Labute approximate surface area is 89.8 Å². The molecule has 0 aliphatic carbocycles. The van der Waals surface area contributed by atoms with E-state index in [1.807, 2.05) is 30.3 Å². The van der Waals surface area contributed by atoms with Crippen LogP contribution in [0, 0.1) is 0 Å². The van der Waals surface area contributed by atoms with Crippen LogP contribution in [-0.2, 0) is 0 Å². The topological polar surface area (TPSA) is 20.3 Å². The SMILES string of the molecule is CCN(CC)c1c(-c2ccccc2)c1=O. The highest BCUT2D eigenvalue weighted by Crippen LogP contribution is 2.32. The first-order chi connectivity index (χ1) is 7.29. The van der Waals surface area contributed by atoms with Crippen LogP contribution in [0.2, 0.25) is 0 Å². The molecular weight excluding hydrogens is 186 g/mol. The zero-order valence-corrected chi connectivity index (χ0v) is 9.16. The van der Waals surface area contributed by atoms with Gasteiger partial charge in [-0.3, -0.25) is 4.79 Å². The second-order valence-electron chi connectivity index (χ2n) is 3.59. The summed E-state index contributed by atoms with van der Waals surface area (Å²) in [6, 6.07) is 9.88. The minimum absolute atomic E-state index is 0.213. The molecule has 0 N–H and O–H groups in total. The summed E-state index contributed by atoms with van der Waals surface area (Å²) in [7, 11) is 0. The fraction of sp³-hybridized carbons (Fsp3) is 0.308. The quantitative estimate of drug-likeness (QED) is 0.757. The van der Waals surface area contributed by atoms with Crippen molar-refractivity contribution in [1.82, 2.24) is 0 Å². The van der Waals surface area contributed by atoms with E-state index in [9.17, 15) is 4.79 Å². The first-order valence-corrected chi connectivity index (χ1v) is 5.39. The highest BCUT2D eigenvalue weighted by molar-refractivity contribution is 5.90. The van der Waals surface area contributed by atoms with Gasteiger partial charge in [-0.25, -0.2) is 0 Å². The van der Waals surface area contributed by atoms with E-state index < -0.39 is 0 Å². The van der Waals surface area contributed by atoms with E-state index in [1.54, 1.807) is 0 Å². The molecular formula is C13H15NO. The van der Waals surface area contributed by atoms with Crippen LogP contribution in [0.25, 0.3) is 11.1 Å². The Bertz CT molecular complexity index is 448. The standard InChI is InChI=1S/C13H15NO/c1-3-14(4-2)12-11(13(12)15)10-8-6-5-7-9-10/h5-9H,3-4H2,1-2H3. The second-order valence-corrected chi connectivity index (χ2v) is 3.59. The summed E-state index contributed by atoms with van der Waals surface area (Å²) in [5.74, 6) is 0. The van der Waals surface area contributed by atoms with Crippen LogP contribution in [0.5, 0.6) is 0 Å². The summed E-state index contributed by atoms with van der Waals surface area (Å²) < 4.78 is 0. The van der Waals surface area contributed by atoms with Gasteiger partial charge in [-0.05, 0) is 19.4 Å². The van der Waals surface area contributed by atoms with E-state index in [4.69, 9.17) is 0 Å². The third kappa shape index (κ3) is 1.67. The first-order valence-electron chi connectivity index (χ1n) is 5.39. The molecule has 2 aromatic carbocycles. The van der Waals surface area contributed by atoms with Crippen LogP contribution < -0.4 is 10.3 Å². The zero-order valence-electron chi connectivity index (χ0n) is 9.16. The van der Waals surface area contributed by atoms with Crippen LogP contribution in [0.15, 0.2) is 35.1 Å². The van der Waals surface area contributed by atoms with Crippen LogP contribution in [0.3, 0.4) is 0 Å². The Hall–Kier alpha value is -1.57. The molecule has 0 saturated carbocycles. The fourth-order valence-electron chi connectivity index (χ4n) is 1.88. The van der Waals surface area contributed by atoms with E-state index in [0.717, 1.165) is 29.9 Å². The van der Waals surface area contributed by atoms with Gasteiger partial charge in [0.2, 0.25) is 5.43 Å². The second kappa shape index (κ2) is 3.89. The molecule has 0 aliphatic heterocycles. The largest absolute Gasteiger partial charge is 0.368 e. The highest BCUT2D eigenvalue weighted by Gasteiger charge is 2.27. The van der Waals surface area contributed by atoms with Gasteiger partial charge in [0.15, 0.2) is 0 Å². The van der Waals surface area contributed by atoms with Crippen molar-refractivity contribution in [1.29, 1.82) is 0 Å². The molecule has 0 spiro atoms. The maximum Gasteiger partial charge on any atom is 0.212 e. The van der Waals surface area contributed by atoms with Gasteiger partial charge < -0.3 is 4.90 Å². The number of hydrogen-bond donors (Lipinski definition) is 0. The molecule has 0 radical (unpaired) electrons. The molecule has 0 fully saturated rings. The summed E-state index contributed by atoms with van der Waals surface area (Å²) in [6.07, 6.45) is 0. The summed E-state index contributed by atoms with van der Waals surface area (Å²) in [5, 5.41) is 0. The molecule has 0 bridgehead atoms. The lowest BCUT2D eigenvalue weighted by molar-refractivity contribution is 0.876. The number of nitrogens with zero attached hydrogens (tertiary/aromatic N) is 1. The van der Waals surface area contributed by atoms with Gasteiger partial charge in [0.25, 0.3) is 0 Å². The van der Waals surface area contributed by atoms with Gasteiger partial charge in [0, 0.05) is 13.1 Å². The lowest BCUT2D eigenvalue weighted by Crippen LogP contribution is -2.20. The third-order valence-electron chi connectivity index (χ3n) is 2.76. The number of benzene rings is 1. The molecule has 2 nitrogen and oxygen atoms in total. The van der Waals surface area contributed by atoms with E-state index >= 15 is 0 Å². The van der Waals surface area contributed by atoms with Crippen molar-refractivity contribution in [3.8, 4) is 11.1 Å². The first kappa shape index (κ1) is 9.97. The average molecular weight is 201 g/mol. The minimum Gasteiger partial charge on any atom is -0.368 e. The lowest BCUT2D eigenvalue weighted by Gasteiger charge is -2.14. The summed E-state index contributed by atoms with van der Waals surface area (Å²) in [5.41, 5.74) is 3.07. The lowest BCUT2D eigenvalue weighted by atomic mass is 10.2. The van der Waals surface area contributed by atoms with E-state index in [2.05, 4.69) is 18.7 Å². The van der Waals surface area contributed by atoms with Gasteiger partial charge >= 0.3 is 0 Å². The van der Waals surface area contributed by atoms with Gasteiger partial charge in [0.1, 0.15) is 0 Å². The van der Waals surface area contributed by atoms with Gasteiger partial charge in [-0.2, -0.15) is 0 Å².